The molecule has 0 aliphatic heterocycles. The van der Waals surface area contributed by atoms with E-state index < -0.39 is 0 Å². The predicted molar refractivity (Wildman–Crippen MR) is 43.7 cm³/mol. The Morgan fingerprint density at radius 3 is 1.50 bits per heavy atom. The largest absolute Gasteiger partial charge is 0.193 e. The lowest BCUT2D eigenvalue weighted by Crippen LogP contribution is -1.76. The molecule has 0 atom stereocenters. The van der Waals surface area contributed by atoms with Gasteiger partial charge in [0.2, 0.25) is 0 Å². The van der Waals surface area contributed by atoms with E-state index >= 15 is 0 Å². The van der Waals surface area contributed by atoms with Crippen molar-refractivity contribution in [3.8, 4) is 12.1 Å². The molecule has 0 saturated heterocycles. The van der Waals surface area contributed by atoms with Gasteiger partial charge < -0.3 is 0 Å². The van der Waals surface area contributed by atoms with Crippen LogP contribution in [0.5, 0.6) is 0 Å². The highest BCUT2D eigenvalue weighted by atomic mass is 14.4. The Bertz CT molecular complexity index is 334. The summed E-state index contributed by atoms with van der Waals surface area (Å²) in [5, 5.41) is 17.5. The molecule has 0 unspecified atom stereocenters. The van der Waals surface area contributed by atoms with Gasteiger partial charge in [0.15, 0.2) is 0 Å². The van der Waals surface area contributed by atoms with Crippen LogP contribution < -0.4 is 0 Å². The molecule has 2 aliphatic rings. The quantitative estimate of drug-likeness (QED) is 0.539. The molecule has 0 aromatic rings. The van der Waals surface area contributed by atoms with Crippen LogP contribution in [0.25, 0.3) is 0 Å². The first-order chi connectivity index (χ1) is 5.86. The standard InChI is InChI=1S/C10H8N2/c11-5-7-1-3-9-8(6-12)2-4-10(7)9/h1-4H2. The Hall–Kier alpha value is -1.54. The third-order valence-corrected chi connectivity index (χ3v) is 2.61. The minimum Gasteiger partial charge on any atom is -0.193 e. The Morgan fingerprint density at radius 2 is 1.17 bits per heavy atom. The third kappa shape index (κ3) is 0.787. The van der Waals surface area contributed by atoms with Crippen molar-refractivity contribution in [3.63, 3.8) is 0 Å². The fourth-order valence-corrected chi connectivity index (χ4v) is 2.02. The maximum atomic E-state index is 8.76. The maximum absolute atomic E-state index is 8.76. The summed E-state index contributed by atoms with van der Waals surface area (Å²) in [6.07, 6.45) is 3.54. The van der Waals surface area contributed by atoms with Crippen molar-refractivity contribution in [3.05, 3.63) is 22.3 Å². The smallest absolute Gasteiger partial charge is 0.0950 e. The van der Waals surface area contributed by atoms with E-state index in [1.165, 1.54) is 11.1 Å². The van der Waals surface area contributed by atoms with Gasteiger partial charge in [-0.2, -0.15) is 10.5 Å². The van der Waals surface area contributed by atoms with Crippen LogP contribution in [0.3, 0.4) is 0 Å². The van der Waals surface area contributed by atoms with Crippen molar-refractivity contribution < 1.29 is 0 Å². The Morgan fingerprint density at radius 1 is 0.750 bits per heavy atom. The van der Waals surface area contributed by atoms with Crippen molar-refractivity contribution in [2.24, 2.45) is 0 Å². The maximum Gasteiger partial charge on any atom is 0.0950 e. The highest BCUT2D eigenvalue weighted by molar-refractivity contribution is 5.55. The first-order valence-corrected chi connectivity index (χ1v) is 4.11. The molecule has 2 rings (SSSR count). The molecule has 12 heavy (non-hydrogen) atoms. The highest BCUT2D eigenvalue weighted by Crippen LogP contribution is 2.42. The lowest BCUT2D eigenvalue weighted by molar-refractivity contribution is 0.991. The van der Waals surface area contributed by atoms with E-state index in [9.17, 15) is 0 Å². The molecule has 0 radical (unpaired) electrons. The number of nitrogens with zero attached hydrogens (tertiary/aromatic N) is 2. The fraction of sp³-hybridized carbons (Fsp3) is 0.400. The Kier molecular flexibility index (Phi) is 1.48. The second kappa shape index (κ2) is 2.50. The van der Waals surface area contributed by atoms with Gasteiger partial charge in [-0.05, 0) is 36.8 Å². The van der Waals surface area contributed by atoms with E-state index in [-0.39, 0.29) is 0 Å². The number of allylic oxidation sites excluding steroid dienone is 4. The van der Waals surface area contributed by atoms with Crippen molar-refractivity contribution >= 4 is 0 Å². The molecule has 2 nitrogen and oxygen atoms in total. The van der Waals surface area contributed by atoms with Gasteiger partial charge in [-0.3, -0.25) is 0 Å². The van der Waals surface area contributed by atoms with Gasteiger partial charge in [0, 0.05) is 11.1 Å². The zero-order valence-electron chi connectivity index (χ0n) is 6.72. The average molecular weight is 156 g/mol. The van der Waals surface area contributed by atoms with Gasteiger partial charge in [-0.1, -0.05) is 0 Å². The molecule has 0 N–H and O–H groups in total. The van der Waals surface area contributed by atoms with Gasteiger partial charge in [0.25, 0.3) is 0 Å². The van der Waals surface area contributed by atoms with Crippen molar-refractivity contribution in [1.82, 2.24) is 0 Å². The molecule has 0 heterocycles. The number of fused-ring (bicyclic) bond motifs is 1. The summed E-state index contributed by atoms with van der Waals surface area (Å²) in [6.45, 7) is 0. The minimum atomic E-state index is 0.854. The van der Waals surface area contributed by atoms with Crippen LogP contribution in [0.2, 0.25) is 0 Å². The molecule has 0 aromatic heterocycles. The van der Waals surface area contributed by atoms with E-state index in [1.807, 2.05) is 0 Å². The van der Waals surface area contributed by atoms with Crippen LogP contribution >= 0.6 is 0 Å². The summed E-state index contributed by atoms with van der Waals surface area (Å²) in [6, 6.07) is 4.43. The molecule has 0 amide bonds. The molecule has 0 saturated carbocycles. The van der Waals surface area contributed by atoms with E-state index in [0.717, 1.165) is 36.8 Å². The summed E-state index contributed by atoms with van der Waals surface area (Å²) in [4.78, 5) is 0. The van der Waals surface area contributed by atoms with E-state index in [0.29, 0.717) is 0 Å². The molecular formula is C10H8N2. The highest BCUT2D eigenvalue weighted by Gasteiger charge is 2.27. The van der Waals surface area contributed by atoms with E-state index in [4.69, 9.17) is 10.5 Å². The summed E-state index contributed by atoms with van der Waals surface area (Å²) < 4.78 is 0. The number of hydrogen-bond donors (Lipinski definition) is 0. The van der Waals surface area contributed by atoms with Gasteiger partial charge in [-0.25, -0.2) is 0 Å². The molecule has 2 aliphatic carbocycles. The SMILES string of the molecule is N#CC1=C2CCC(C#N)=C2CC1. The first-order valence-electron chi connectivity index (χ1n) is 4.11. The molecule has 0 bridgehead atoms. The summed E-state index contributed by atoms with van der Waals surface area (Å²) >= 11 is 0. The number of nitriles is 2. The molecule has 0 aromatic carbocycles. The first kappa shape index (κ1) is 7.13. The number of hydrogen-bond acceptors (Lipinski definition) is 2. The normalized spacial score (nSPS) is 20.8. The van der Waals surface area contributed by atoms with E-state index in [2.05, 4.69) is 12.1 Å². The van der Waals surface area contributed by atoms with Crippen LogP contribution in [0, 0.1) is 22.7 Å². The summed E-state index contributed by atoms with van der Waals surface area (Å²) in [5.74, 6) is 0. The molecule has 58 valence electrons. The lowest BCUT2D eigenvalue weighted by Gasteiger charge is -1.91. The van der Waals surface area contributed by atoms with Crippen molar-refractivity contribution in [2.45, 2.75) is 25.7 Å². The molecule has 2 heteroatoms. The van der Waals surface area contributed by atoms with E-state index in [1.54, 1.807) is 0 Å². The zero-order chi connectivity index (χ0) is 8.55. The van der Waals surface area contributed by atoms with Crippen LogP contribution in [-0.2, 0) is 0 Å². The Balaban J connectivity index is 2.50. The van der Waals surface area contributed by atoms with Crippen LogP contribution in [0.4, 0.5) is 0 Å². The van der Waals surface area contributed by atoms with Crippen molar-refractivity contribution in [2.75, 3.05) is 0 Å². The Labute approximate surface area is 71.4 Å². The molecular weight excluding hydrogens is 148 g/mol. The van der Waals surface area contributed by atoms with Gasteiger partial charge in [0.1, 0.15) is 0 Å². The third-order valence-electron chi connectivity index (χ3n) is 2.61. The topological polar surface area (TPSA) is 47.6 Å². The zero-order valence-corrected chi connectivity index (χ0v) is 6.72. The molecule has 0 fully saturated rings. The fourth-order valence-electron chi connectivity index (χ4n) is 2.02. The molecule has 0 spiro atoms. The van der Waals surface area contributed by atoms with Gasteiger partial charge >= 0.3 is 0 Å². The van der Waals surface area contributed by atoms with Crippen LogP contribution in [0.1, 0.15) is 25.7 Å². The number of rotatable bonds is 0. The second-order valence-corrected chi connectivity index (χ2v) is 3.14. The predicted octanol–water partition coefficient (Wildman–Crippen LogP) is 2.21. The summed E-state index contributed by atoms with van der Waals surface area (Å²) in [7, 11) is 0. The monoisotopic (exact) mass is 156 g/mol. The lowest BCUT2D eigenvalue weighted by atomic mass is 10.1. The summed E-state index contributed by atoms with van der Waals surface area (Å²) in [5.41, 5.74) is 4.17. The van der Waals surface area contributed by atoms with Gasteiger partial charge in [0.05, 0.1) is 12.1 Å². The average Bonchev–Trinajstić information content (AvgIpc) is 2.62. The van der Waals surface area contributed by atoms with Crippen LogP contribution in [-0.4, -0.2) is 0 Å². The second-order valence-electron chi connectivity index (χ2n) is 3.14. The van der Waals surface area contributed by atoms with Gasteiger partial charge in [-0.15, -0.1) is 0 Å². The van der Waals surface area contributed by atoms with Crippen molar-refractivity contribution in [1.29, 1.82) is 10.5 Å². The van der Waals surface area contributed by atoms with Crippen LogP contribution in [0.15, 0.2) is 22.3 Å². The minimum absolute atomic E-state index is 0.854.